The van der Waals surface area contributed by atoms with Gasteiger partial charge in [-0.05, 0) is 49.2 Å². The highest BCUT2D eigenvalue weighted by Crippen LogP contribution is 2.35. The lowest BCUT2D eigenvalue weighted by Gasteiger charge is -2.12. The minimum Gasteiger partial charge on any atom is -0.438 e. The Morgan fingerprint density at radius 3 is 2.74 bits per heavy atom. The molecule has 9 heteroatoms. The molecule has 162 valence electrons. The first kappa shape index (κ1) is 21.6. The summed E-state index contributed by atoms with van der Waals surface area (Å²) in [6, 6.07) is 11.6. The molecule has 0 unspecified atom stereocenters. The maximum absolute atomic E-state index is 13.4. The molecule has 1 fully saturated rings. The van der Waals surface area contributed by atoms with Crippen LogP contribution in [0, 0.1) is 0 Å². The van der Waals surface area contributed by atoms with Crippen molar-refractivity contribution in [3.63, 3.8) is 0 Å². The number of para-hydroxylation sites is 1. The number of benzene rings is 2. The van der Waals surface area contributed by atoms with Gasteiger partial charge in [-0.1, -0.05) is 28.1 Å². The molecule has 1 aromatic heterocycles. The van der Waals surface area contributed by atoms with Crippen molar-refractivity contribution in [3.05, 3.63) is 69.7 Å². The molecule has 1 aliphatic heterocycles. The van der Waals surface area contributed by atoms with Gasteiger partial charge in [0, 0.05) is 23.0 Å². The Hall–Kier alpha value is -2.65. The summed E-state index contributed by atoms with van der Waals surface area (Å²) >= 11 is 3.37. The minimum atomic E-state index is -4.59. The van der Waals surface area contributed by atoms with Crippen LogP contribution in [0.25, 0.3) is 11.0 Å². The summed E-state index contributed by atoms with van der Waals surface area (Å²) in [4.78, 5) is 17.0. The zero-order valence-corrected chi connectivity index (χ0v) is 17.8. The molecule has 0 spiro atoms. The summed E-state index contributed by atoms with van der Waals surface area (Å²) in [5.74, 6) is -0.496. The summed E-state index contributed by atoms with van der Waals surface area (Å²) in [7, 11) is 0. The van der Waals surface area contributed by atoms with Crippen molar-refractivity contribution in [3.8, 4) is 0 Å². The van der Waals surface area contributed by atoms with E-state index in [1.807, 2.05) is 0 Å². The number of rotatable bonds is 4. The van der Waals surface area contributed by atoms with E-state index in [2.05, 4.69) is 26.2 Å². The highest BCUT2D eigenvalue weighted by molar-refractivity contribution is 9.10. The summed E-state index contributed by atoms with van der Waals surface area (Å²) in [5.41, 5.74) is -1.01. The number of hydrogen-bond acceptors (Lipinski definition) is 4. The van der Waals surface area contributed by atoms with E-state index < -0.39 is 17.6 Å². The number of ether oxygens (including phenoxy) is 1. The largest absolute Gasteiger partial charge is 0.438 e. The maximum atomic E-state index is 13.4. The van der Waals surface area contributed by atoms with Crippen molar-refractivity contribution in [1.29, 1.82) is 0 Å². The molecule has 0 saturated carbocycles. The third-order valence-electron chi connectivity index (χ3n) is 4.90. The molecule has 0 aliphatic carbocycles. The van der Waals surface area contributed by atoms with Gasteiger partial charge < -0.3 is 14.5 Å². The second-order valence-corrected chi connectivity index (χ2v) is 8.03. The predicted octanol–water partition coefficient (Wildman–Crippen LogP) is 5.36. The van der Waals surface area contributed by atoms with Gasteiger partial charge in [-0.25, -0.2) is 4.99 Å². The number of amides is 1. The molecule has 0 bridgehead atoms. The number of fused-ring (bicyclic) bond motifs is 1. The normalized spacial score (nSPS) is 17.3. The summed E-state index contributed by atoms with van der Waals surface area (Å²) in [5, 5.41) is 3.38. The second kappa shape index (κ2) is 8.84. The van der Waals surface area contributed by atoms with Gasteiger partial charge in [0.25, 0.3) is 5.91 Å². The molecule has 5 nitrogen and oxygen atoms in total. The van der Waals surface area contributed by atoms with Crippen LogP contribution in [0.2, 0.25) is 0 Å². The second-order valence-electron chi connectivity index (χ2n) is 7.12. The summed E-state index contributed by atoms with van der Waals surface area (Å²) < 4.78 is 52.3. The third kappa shape index (κ3) is 4.99. The lowest BCUT2D eigenvalue weighted by molar-refractivity contribution is -0.137. The van der Waals surface area contributed by atoms with Crippen LogP contribution < -0.4 is 10.9 Å². The number of halogens is 4. The Balaban J connectivity index is 1.81. The van der Waals surface area contributed by atoms with Gasteiger partial charge in [-0.3, -0.25) is 4.79 Å². The van der Waals surface area contributed by atoms with Crippen molar-refractivity contribution in [2.75, 3.05) is 13.2 Å². The zero-order valence-electron chi connectivity index (χ0n) is 16.2. The van der Waals surface area contributed by atoms with Crippen LogP contribution in [0.15, 0.2) is 62.4 Å². The number of alkyl halides is 3. The van der Waals surface area contributed by atoms with E-state index in [0.717, 1.165) is 23.4 Å². The predicted molar refractivity (Wildman–Crippen MR) is 112 cm³/mol. The number of carbonyl (C=O) groups is 1. The van der Waals surface area contributed by atoms with E-state index >= 15 is 0 Å². The number of nitrogens with one attached hydrogen (secondary N) is 1. The number of carbonyl (C=O) groups excluding carboxylic acids is 1. The monoisotopic (exact) mass is 494 g/mol. The number of nitrogens with zero attached hydrogens (tertiary/aromatic N) is 1. The van der Waals surface area contributed by atoms with E-state index in [0.29, 0.717) is 24.1 Å². The summed E-state index contributed by atoms with van der Waals surface area (Å²) in [6.07, 6.45) is -2.91. The van der Waals surface area contributed by atoms with Crippen LogP contribution in [0.1, 0.15) is 28.8 Å². The van der Waals surface area contributed by atoms with E-state index in [1.165, 1.54) is 18.2 Å². The Morgan fingerprint density at radius 2 is 2.00 bits per heavy atom. The third-order valence-corrected chi connectivity index (χ3v) is 5.39. The fraction of sp³-hybridized carbons (Fsp3) is 0.273. The molecule has 0 radical (unpaired) electrons. The van der Waals surface area contributed by atoms with Crippen LogP contribution in [0.5, 0.6) is 0 Å². The van der Waals surface area contributed by atoms with Crippen LogP contribution in [0.3, 0.4) is 0 Å². The molecule has 2 heterocycles. The van der Waals surface area contributed by atoms with Gasteiger partial charge >= 0.3 is 6.18 Å². The quantitative estimate of drug-likeness (QED) is 0.531. The first-order chi connectivity index (χ1) is 14.8. The first-order valence-electron chi connectivity index (χ1n) is 9.65. The molecule has 1 aliphatic rings. The highest BCUT2D eigenvalue weighted by atomic mass is 79.9. The van der Waals surface area contributed by atoms with Crippen LogP contribution in [0.4, 0.5) is 18.9 Å². The zero-order chi connectivity index (χ0) is 22.0. The van der Waals surface area contributed by atoms with E-state index in [1.54, 1.807) is 24.3 Å². The molecule has 4 rings (SSSR count). The van der Waals surface area contributed by atoms with Crippen molar-refractivity contribution in [2.24, 2.45) is 4.99 Å². The van der Waals surface area contributed by atoms with Gasteiger partial charge in [0.05, 0.1) is 17.4 Å². The SMILES string of the molecule is O=C(NC[C@@H]1CCCO1)c1cc2cc(Br)ccc2oc1=Nc1ccccc1C(F)(F)F. The summed E-state index contributed by atoms with van der Waals surface area (Å²) in [6.45, 7) is 0.947. The van der Waals surface area contributed by atoms with E-state index in [4.69, 9.17) is 9.15 Å². The van der Waals surface area contributed by atoms with Gasteiger partial charge in [0.1, 0.15) is 11.1 Å². The minimum absolute atomic E-state index is 0.0422. The Kier molecular flexibility index (Phi) is 6.15. The standard InChI is InChI=1S/C22H18BrF3N2O3/c23-14-7-8-19-13(10-14)11-16(20(29)27-12-15-4-3-9-30-15)21(31-19)28-18-6-2-1-5-17(18)22(24,25)26/h1-2,5-8,10-11,15H,3-4,9,12H2,(H,27,29)/t15-/m0/s1. The fourth-order valence-electron chi connectivity index (χ4n) is 3.37. The molecule has 2 aromatic carbocycles. The average Bonchev–Trinajstić information content (AvgIpc) is 3.25. The van der Waals surface area contributed by atoms with Crippen LogP contribution in [-0.4, -0.2) is 25.2 Å². The molecule has 3 aromatic rings. The molecule has 1 saturated heterocycles. The van der Waals surface area contributed by atoms with Gasteiger partial charge in [0.15, 0.2) is 0 Å². The topological polar surface area (TPSA) is 63.8 Å². The van der Waals surface area contributed by atoms with Crippen molar-refractivity contribution in [1.82, 2.24) is 5.32 Å². The van der Waals surface area contributed by atoms with Crippen molar-refractivity contribution >= 4 is 38.5 Å². The van der Waals surface area contributed by atoms with Crippen LogP contribution >= 0.6 is 15.9 Å². The molecule has 1 N–H and O–H groups in total. The van der Waals surface area contributed by atoms with E-state index in [9.17, 15) is 18.0 Å². The van der Waals surface area contributed by atoms with Gasteiger partial charge in [0.2, 0.25) is 5.55 Å². The highest BCUT2D eigenvalue weighted by Gasteiger charge is 2.33. The van der Waals surface area contributed by atoms with Gasteiger partial charge in [-0.15, -0.1) is 0 Å². The first-order valence-corrected chi connectivity index (χ1v) is 10.4. The Labute approximate surface area is 184 Å². The number of hydrogen-bond donors (Lipinski definition) is 1. The lowest BCUT2D eigenvalue weighted by atomic mass is 10.1. The molecular weight excluding hydrogens is 477 g/mol. The Morgan fingerprint density at radius 1 is 1.19 bits per heavy atom. The van der Waals surface area contributed by atoms with Crippen LogP contribution in [-0.2, 0) is 10.9 Å². The molecule has 1 amide bonds. The smallest absolute Gasteiger partial charge is 0.418 e. The van der Waals surface area contributed by atoms with Gasteiger partial charge in [-0.2, -0.15) is 13.2 Å². The Bertz CT molecular complexity index is 1180. The average molecular weight is 495 g/mol. The van der Waals surface area contributed by atoms with E-state index in [-0.39, 0.29) is 22.9 Å². The molecule has 1 atom stereocenters. The molecular formula is C22H18BrF3N2O3. The lowest BCUT2D eigenvalue weighted by Crippen LogP contribution is -2.34. The fourth-order valence-corrected chi connectivity index (χ4v) is 3.75. The van der Waals surface area contributed by atoms with Crippen molar-refractivity contribution in [2.45, 2.75) is 25.1 Å². The maximum Gasteiger partial charge on any atom is 0.418 e. The van der Waals surface area contributed by atoms with Crippen molar-refractivity contribution < 1.29 is 27.1 Å². The molecule has 31 heavy (non-hydrogen) atoms.